The van der Waals surface area contributed by atoms with Crippen LogP contribution in [0.5, 0.6) is 0 Å². The molecule has 2 rings (SSSR count). The number of nitrogens with zero attached hydrogens (tertiary/aromatic N) is 2. The van der Waals surface area contributed by atoms with Crippen molar-refractivity contribution in [2.45, 2.75) is 258 Å². The van der Waals surface area contributed by atoms with Gasteiger partial charge in [0, 0.05) is 50.6 Å². The van der Waals surface area contributed by atoms with E-state index in [0.717, 1.165) is 109 Å². The molecule has 0 N–H and O–H groups in total. The van der Waals surface area contributed by atoms with Crippen LogP contribution in [0.15, 0.2) is 0 Å². The summed E-state index contributed by atoms with van der Waals surface area (Å²) >= 11 is 0. The molecule has 2 fully saturated rings. The van der Waals surface area contributed by atoms with E-state index >= 15 is 0 Å². The lowest BCUT2D eigenvalue weighted by Crippen LogP contribution is -2.47. The van der Waals surface area contributed by atoms with Crippen LogP contribution >= 0.6 is 0 Å². The van der Waals surface area contributed by atoms with Crippen molar-refractivity contribution in [3.8, 4) is 0 Å². The minimum atomic E-state index is -0.628. The number of likely N-dealkylation sites (N-methyl/N-ethyl adjacent to an activating group) is 1. The Morgan fingerprint density at radius 2 is 0.716 bits per heavy atom. The number of hydrogen-bond donors (Lipinski definition) is 0. The molecular formula is C58H102N2O14. The number of carbonyl (C=O) groups is 7. The molecule has 0 aliphatic carbocycles. The molecule has 2 heterocycles. The molecule has 3 atom stereocenters. The van der Waals surface area contributed by atoms with Gasteiger partial charge in [0.15, 0.2) is 0 Å². The van der Waals surface area contributed by atoms with Crippen LogP contribution in [0.1, 0.15) is 240 Å². The second-order valence-corrected chi connectivity index (χ2v) is 21.2. The number of rotatable bonds is 45. The Hall–Kier alpha value is -3.95. The van der Waals surface area contributed by atoms with Crippen molar-refractivity contribution < 1.29 is 66.7 Å². The highest BCUT2D eigenvalue weighted by molar-refractivity contribution is 5.73. The Balaban J connectivity index is 2.08. The predicted molar refractivity (Wildman–Crippen MR) is 285 cm³/mol. The molecule has 0 aromatic heterocycles. The normalized spacial score (nSPS) is 16.6. The largest absolute Gasteiger partial charge is 0.465 e. The highest BCUT2D eigenvalue weighted by atomic mass is 16.6. The third kappa shape index (κ3) is 33.2. The second kappa shape index (κ2) is 43.2. The Labute approximate surface area is 446 Å². The molecule has 16 heteroatoms. The first-order chi connectivity index (χ1) is 35.9. The minimum absolute atomic E-state index is 0.108. The lowest BCUT2D eigenvalue weighted by atomic mass is 10.1. The van der Waals surface area contributed by atoms with Crippen LogP contribution in [-0.4, -0.2) is 130 Å². The Morgan fingerprint density at radius 3 is 1.01 bits per heavy atom. The maximum atomic E-state index is 13.9. The fourth-order valence-corrected chi connectivity index (χ4v) is 9.41. The lowest BCUT2D eigenvalue weighted by molar-refractivity contribution is -0.155. The average Bonchev–Trinajstić information content (AvgIpc) is 4.00. The topological polar surface area (TPSA) is 191 Å². The summed E-state index contributed by atoms with van der Waals surface area (Å²) < 4.78 is 39.9. The minimum Gasteiger partial charge on any atom is -0.465 e. The van der Waals surface area contributed by atoms with Gasteiger partial charge in [-0.2, -0.15) is 0 Å². The zero-order valence-electron chi connectivity index (χ0n) is 47.0. The maximum absolute atomic E-state index is 13.9. The molecule has 1 amide bonds. The third-order valence-corrected chi connectivity index (χ3v) is 14.1. The van der Waals surface area contributed by atoms with Crippen molar-refractivity contribution in [3.05, 3.63) is 0 Å². The number of likely N-dealkylation sites (tertiary alicyclic amines) is 2. The van der Waals surface area contributed by atoms with E-state index in [0.29, 0.717) is 51.5 Å². The van der Waals surface area contributed by atoms with Gasteiger partial charge in [-0.15, -0.1) is 0 Å². The SMILES string of the molecule is CCCCCCCCC(=O)OCC(COC(=O)CCCCCCCC)CC(=O)OC[C@@H]1CC[C@@H](COC(=O)CC(COC(=O)CCCCCCCC)COC(=O)CCCCCCCC)N1C(=O)OC1CCN(C)C1. The van der Waals surface area contributed by atoms with Gasteiger partial charge in [0.25, 0.3) is 0 Å². The summed E-state index contributed by atoms with van der Waals surface area (Å²) in [4.78, 5) is 95.3. The van der Waals surface area contributed by atoms with Crippen LogP contribution in [0.25, 0.3) is 0 Å². The van der Waals surface area contributed by atoms with Crippen LogP contribution < -0.4 is 0 Å². The third-order valence-electron chi connectivity index (χ3n) is 14.1. The fourth-order valence-electron chi connectivity index (χ4n) is 9.41. The second-order valence-electron chi connectivity index (χ2n) is 21.2. The standard InChI is InChI=1S/C58H102N2O14/c1-6-10-14-18-22-26-30-52(61)68-41-47(42-69-53(62)31-27-23-19-15-11-7-2)38-56(65)72-45-49-34-35-50(60(49)58(67)74-51-36-37-59(5)40-51)46-73-57(66)39-48(43-70-54(63)32-28-24-20-16-12-8-3)44-71-55(64)33-29-25-21-17-13-9-4/h47-51H,6-46H2,1-5H3/t49-,50-,51?/m0/s1. The quantitative estimate of drug-likeness (QED) is 0.0318. The Bertz CT molecular complexity index is 1390. The van der Waals surface area contributed by atoms with Gasteiger partial charge in [-0.05, 0) is 52.0 Å². The van der Waals surface area contributed by atoms with Crippen LogP contribution in [0.4, 0.5) is 4.79 Å². The van der Waals surface area contributed by atoms with Crippen molar-refractivity contribution in [1.29, 1.82) is 0 Å². The first-order valence-electron chi connectivity index (χ1n) is 29.5. The van der Waals surface area contributed by atoms with Gasteiger partial charge in [-0.3, -0.25) is 33.7 Å². The molecule has 16 nitrogen and oxygen atoms in total. The van der Waals surface area contributed by atoms with Gasteiger partial charge in [0.1, 0.15) is 19.3 Å². The molecule has 2 aliphatic heterocycles. The van der Waals surface area contributed by atoms with E-state index in [1.165, 1.54) is 30.6 Å². The Morgan fingerprint density at radius 1 is 0.405 bits per heavy atom. The molecule has 0 saturated carbocycles. The molecule has 0 aromatic rings. The van der Waals surface area contributed by atoms with E-state index in [1.807, 2.05) is 7.05 Å². The molecule has 0 aromatic carbocycles. The van der Waals surface area contributed by atoms with E-state index in [9.17, 15) is 33.6 Å². The average molecular weight is 1050 g/mol. The monoisotopic (exact) mass is 1050 g/mol. The van der Waals surface area contributed by atoms with Gasteiger partial charge in [-0.25, -0.2) is 4.79 Å². The molecule has 0 bridgehead atoms. The van der Waals surface area contributed by atoms with E-state index < -0.39 is 42.0 Å². The highest BCUT2D eigenvalue weighted by Crippen LogP contribution is 2.28. The zero-order valence-corrected chi connectivity index (χ0v) is 47.0. The molecular weight excluding hydrogens is 949 g/mol. The fraction of sp³-hybridized carbons (Fsp3) is 0.879. The summed E-state index contributed by atoms with van der Waals surface area (Å²) in [5.74, 6) is -3.90. The summed E-state index contributed by atoms with van der Waals surface area (Å²) in [7, 11) is 1.95. The molecule has 428 valence electrons. The smallest absolute Gasteiger partial charge is 0.410 e. The van der Waals surface area contributed by atoms with Crippen molar-refractivity contribution in [2.75, 3.05) is 59.8 Å². The summed E-state index contributed by atoms with van der Waals surface area (Å²) in [5, 5.41) is 0. The van der Waals surface area contributed by atoms with Gasteiger partial charge in [0.2, 0.25) is 0 Å². The molecule has 0 spiro atoms. The number of carbonyl (C=O) groups excluding carboxylic acids is 7. The first kappa shape index (κ1) is 66.2. The van der Waals surface area contributed by atoms with Crippen molar-refractivity contribution >= 4 is 41.9 Å². The number of hydrogen-bond acceptors (Lipinski definition) is 15. The molecule has 74 heavy (non-hydrogen) atoms. The lowest BCUT2D eigenvalue weighted by Gasteiger charge is -2.30. The van der Waals surface area contributed by atoms with E-state index in [-0.39, 0.29) is 108 Å². The molecule has 2 aliphatic rings. The van der Waals surface area contributed by atoms with Crippen LogP contribution in [0.2, 0.25) is 0 Å². The van der Waals surface area contributed by atoms with Crippen LogP contribution in [0.3, 0.4) is 0 Å². The predicted octanol–water partition coefficient (Wildman–Crippen LogP) is 11.9. The zero-order chi connectivity index (χ0) is 54.0. The number of ether oxygens (including phenoxy) is 7. The first-order valence-corrected chi connectivity index (χ1v) is 29.5. The van der Waals surface area contributed by atoms with Gasteiger partial charge in [-0.1, -0.05) is 156 Å². The van der Waals surface area contributed by atoms with Crippen LogP contribution in [0, 0.1) is 11.8 Å². The summed E-state index contributed by atoms with van der Waals surface area (Å²) in [6, 6.07) is -1.16. The van der Waals surface area contributed by atoms with E-state index in [1.54, 1.807) is 0 Å². The number of unbranched alkanes of at least 4 members (excludes halogenated alkanes) is 20. The number of amides is 1. The van der Waals surface area contributed by atoms with Crippen molar-refractivity contribution in [1.82, 2.24) is 9.80 Å². The van der Waals surface area contributed by atoms with Crippen molar-refractivity contribution in [3.63, 3.8) is 0 Å². The van der Waals surface area contributed by atoms with Gasteiger partial charge < -0.3 is 38.1 Å². The van der Waals surface area contributed by atoms with Gasteiger partial charge in [0.05, 0.1) is 51.4 Å². The number of esters is 6. The molecule has 0 radical (unpaired) electrons. The van der Waals surface area contributed by atoms with Crippen LogP contribution in [-0.2, 0) is 61.9 Å². The summed E-state index contributed by atoms with van der Waals surface area (Å²) in [6.07, 6.45) is 26.0. The maximum Gasteiger partial charge on any atom is 0.410 e. The molecule has 2 saturated heterocycles. The Kier molecular flexibility index (Phi) is 38.6. The van der Waals surface area contributed by atoms with E-state index in [2.05, 4.69) is 32.6 Å². The summed E-state index contributed by atoms with van der Waals surface area (Å²) in [5.41, 5.74) is 0. The van der Waals surface area contributed by atoms with E-state index in [4.69, 9.17) is 33.2 Å². The van der Waals surface area contributed by atoms with Gasteiger partial charge >= 0.3 is 41.9 Å². The summed E-state index contributed by atoms with van der Waals surface area (Å²) in [6.45, 7) is 9.24. The molecule has 1 unspecified atom stereocenters. The van der Waals surface area contributed by atoms with Crippen molar-refractivity contribution in [2.24, 2.45) is 11.8 Å². The highest BCUT2D eigenvalue weighted by Gasteiger charge is 2.41.